The normalized spacial score (nSPS) is 12.6. The van der Waals surface area contributed by atoms with Crippen LogP contribution in [0, 0.1) is 0 Å². The summed E-state index contributed by atoms with van der Waals surface area (Å²) in [6.45, 7) is 1.31. The van der Waals surface area contributed by atoms with Crippen molar-refractivity contribution in [3.63, 3.8) is 0 Å². The first-order chi connectivity index (χ1) is 8.72. The van der Waals surface area contributed by atoms with Crippen LogP contribution in [0.1, 0.15) is 5.56 Å². The Hall–Kier alpha value is -0.910. The second-order valence-electron chi connectivity index (χ2n) is 3.88. The number of esters is 1. The summed E-state index contributed by atoms with van der Waals surface area (Å²) in [4.78, 5) is 10.9. The predicted octanol–water partition coefficient (Wildman–Crippen LogP) is 2.93. The van der Waals surface area contributed by atoms with E-state index in [1.807, 2.05) is 12.1 Å². The van der Waals surface area contributed by atoms with E-state index in [1.54, 1.807) is 11.3 Å². The number of nitrogens with one attached hydrogen (secondary N) is 1. The highest BCUT2D eigenvalue weighted by atomic mass is 79.9. The van der Waals surface area contributed by atoms with Crippen molar-refractivity contribution in [3.05, 3.63) is 35.2 Å². The summed E-state index contributed by atoms with van der Waals surface area (Å²) in [5.41, 5.74) is 1.26. The molecule has 1 aromatic heterocycles. The van der Waals surface area contributed by atoms with E-state index >= 15 is 0 Å². The van der Waals surface area contributed by atoms with Gasteiger partial charge in [-0.3, -0.25) is 4.79 Å². The number of hydrogen-bond acceptors (Lipinski definition) is 4. The molecule has 1 aromatic carbocycles. The van der Waals surface area contributed by atoms with Gasteiger partial charge in [-0.05, 0) is 22.4 Å². The fourth-order valence-corrected chi connectivity index (χ4v) is 3.09. The molecule has 0 bridgehead atoms. The Labute approximate surface area is 118 Å². The molecule has 2 aromatic rings. The summed E-state index contributed by atoms with van der Waals surface area (Å²) in [6.07, 6.45) is 0. The molecule has 1 heterocycles. The number of alkyl halides is 1. The number of carbonyl (C=O) groups excluding carboxylic acids is 1. The maximum atomic E-state index is 11.2. The van der Waals surface area contributed by atoms with Gasteiger partial charge >= 0.3 is 5.97 Å². The largest absolute Gasteiger partial charge is 0.468 e. The number of ether oxygens (including phenoxy) is 1. The first-order valence-electron chi connectivity index (χ1n) is 5.60. The molecule has 0 saturated carbocycles. The number of methoxy groups -OCH3 is 1. The van der Waals surface area contributed by atoms with Crippen molar-refractivity contribution in [3.8, 4) is 0 Å². The summed E-state index contributed by atoms with van der Waals surface area (Å²) in [5.74, 6) is -0.252. The van der Waals surface area contributed by atoms with E-state index in [4.69, 9.17) is 0 Å². The van der Waals surface area contributed by atoms with Crippen molar-refractivity contribution in [2.24, 2.45) is 0 Å². The van der Waals surface area contributed by atoms with E-state index in [-0.39, 0.29) is 10.8 Å². The molecule has 3 nitrogen and oxygen atoms in total. The number of benzene rings is 1. The van der Waals surface area contributed by atoms with Gasteiger partial charge in [-0.2, -0.15) is 0 Å². The average Bonchev–Trinajstić information content (AvgIpc) is 2.81. The molecule has 0 fully saturated rings. The molecule has 0 saturated heterocycles. The van der Waals surface area contributed by atoms with Crippen LogP contribution in [0.4, 0.5) is 0 Å². The molecule has 0 aliphatic carbocycles. The molecule has 1 N–H and O–H groups in total. The Morgan fingerprint density at radius 2 is 2.28 bits per heavy atom. The highest BCUT2D eigenvalue weighted by Gasteiger charge is 2.14. The highest BCUT2D eigenvalue weighted by Crippen LogP contribution is 2.25. The van der Waals surface area contributed by atoms with Crippen LogP contribution in [0.15, 0.2) is 29.6 Å². The lowest BCUT2D eigenvalue weighted by atomic mass is 10.2. The van der Waals surface area contributed by atoms with Gasteiger partial charge in [0.15, 0.2) is 0 Å². The predicted molar refractivity (Wildman–Crippen MR) is 78.3 cm³/mol. The topological polar surface area (TPSA) is 38.3 Å². The molecule has 1 atom stereocenters. The van der Waals surface area contributed by atoms with Crippen molar-refractivity contribution in [1.29, 1.82) is 0 Å². The molecule has 18 heavy (non-hydrogen) atoms. The van der Waals surface area contributed by atoms with Crippen molar-refractivity contribution >= 4 is 43.3 Å². The van der Waals surface area contributed by atoms with E-state index in [0.717, 1.165) is 6.54 Å². The standard InChI is InChI=1S/C13H14BrNO2S/c1-17-13(16)11(14)7-15-6-9-8-18-12-5-3-2-4-10(9)12/h2-5,8,11,15H,6-7H2,1H3. The maximum absolute atomic E-state index is 11.2. The van der Waals surface area contributed by atoms with Crippen molar-refractivity contribution < 1.29 is 9.53 Å². The van der Waals surface area contributed by atoms with Crippen LogP contribution in [0.2, 0.25) is 0 Å². The molecular formula is C13H14BrNO2S. The van der Waals surface area contributed by atoms with E-state index in [9.17, 15) is 4.79 Å². The van der Waals surface area contributed by atoms with Gasteiger partial charge in [0.05, 0.1) is 7.11 Å². The first-order valence-corrected chi connectivity index (χ1v) is 7.39. The second kappa shape index (κ2) is 6.31. The zero-order valence-electron chi connectivity index (χ0n) is 9.98. The molecule has 96 valence electrons. The monoisotopic (exact) mass is 327 g/mol. The van der Waals surface area contributed by atoms with E-state index in [1.165, 1.54) is 22.8 Å². The van der Waals surface area contributed by atoms with Gasteiger partial charge in [-0.1, -0.05) is 34.1 Å². The quantitative estimate of drug-likeness (QED) is 0.677. The molecule has 1 unspecified atom stereocenters. The second-order valence-corrected chi connectivity index (χ2v) is 5.90. The van der Waals surface area contributed by atoms with Crippen LogP contribution in [0.3, 0.4) is 0 Å². The van der Waals surface area contributed by atoms with E-state index in [2.05, 4.69) is 43.5 Å². The molecule has 0 aliphatic rings. The Balaban J connectivity index is 1.93. The van der Waals surface area contributed by atoms with Crippen molar-refractivity contribution in [1.82, 2.24) is 5.32 Å². The molecule has 0 amide bonds. The number of halogens is 1. The Morgan fingerprint density at radius 3 is 3.06 bits per heavy atom. The van der Waals surface area contributed by atoms with Gasteiger partial charge in [0, 0.05) is 17.8 Å². The lowest BCUT2D eigenvalue weighted by Crippen LogP contribution is -2.29. The van der Waals surface area contributed by atoms with Gasteiger partial charge in [0.2, 0.25) is 0 Å². The summed E-state index contributed by atoms with van der Waals surface area (Å²) in [5, 5.41) is 6.68. The summed E-state index contributed by atoms with van der Waals surface area (Å²) in [6, 6.07) is 8.32. The van der Waals surface area contributed by atoms with Gasteiger partial charge in [0.1, 0.15) is 4.83 Å². The number of rotatable bonds is 5. The van der Waals surface area contributed by atoms with Gasteiger partial charge in [-0.25, -0.2) is 0 Å². The third-order valence-corrected chi connectivity index (χ3v) is 4.37. The van der Waals surface area contributed by atoms with Gasteiger partial charge < -0.3 is 10.1 Å². The summed E-state index contributed by atoms with van der Waals surface area (Å²) in [7, 11) is 1.39. The lowest BCUT2D eigenvalue weighted by molar-refractivity contribution is -0.139. The Bertz CT molecular complexity index is 541. The van der Waals surface area contributed by atoms with Crippen LogP contribution < -0.4 is 5.32 Å². The SMILES string of the molecule is COC(=O)C(Br)CNCc1csc2ccccc12. The minimum absolute atomic E-state index is 0.252. The Morgan fingerprint density at radius 1 is 1.50 bits per heavy atom. The van der Waals surface area contributed by atoms with E-state index in [0.29, 0.717) is 6.54 Å². The fraction of sp³-hybridized carbons (Fsp3) is 0.308. The highest BCUT2D eigenvalue weighted by molar-refractivity contribution is 9.10. The van der Waals surface area contributed by atoms with Crippen LogP contribution in [-0.4, -0.2) is 24.5 Å². The zero-order valence-corrected chi connectivity index (χ0v) is 12.4. The van der Waals surface area contributed by atoms with Crippen LogP contribution in [-0.2, 0) is 16.1 Å². The van der Waals surface area contributed by atoms with Crippen LogP contribution in [0.25, 0.3) is 10.1 Å². The van der Waals surface area contributed by atoms with E-state index < -0.39 is 0 Å². The third-order valence-electron chi connectivity index (χ3n) is 2.66. The lowest BCUT2D eigenvalue weighted by Gasteiger charge is -2.08. The fourth-order valence-electron chi connectivity index (χ4n) is 1.71. The van der Waals surface area contributed by atoms with Gasteiger partial charge in [0.25, 0.3) is 0 Å². The van der Waals surface area contributed by atoms with Crippen LogP contribution in [0.5, 0.6) is 0 Å². The minimum Gasteiger partial charge on any atom is -0.468 e. The average molecular weight is 328 g/mol. The summed E-state index contributed by atoms with van der Waals surface area (Å²) >= 11 is 5.02. The zero-order chi connectivity index (χ0) is 13.0. The molecule has 5 heteroatoms. The Kier molecular flexibility index (Phi) is 4.74. The molecule has 0 spiro atoms. The van der Waals surface area contributed by atoms with Crippen molar-refractivity contribution in [2.45, 2.75) is 11.4 Å². The number of fused-ring (bicyclic) bond motifs is 1. The van der Waals surface area contributed by atoms with Crippen molar-refractivity contribution in [2.75, 3.05) is 13.7 Å². The molecule has 0 aliphatic heterocycles. The smallest absolute Gasteiger partial charge is 0.320 e. The molecule has 2 rings (SSSR count). The number of hydrogen-bond donors (Lipinski definition) is 1. The maximum Gasteiger partial charge on any atom is 0.320 e. The van der Waals surface area contributed by atoms with Gasteiger partial charge in [-0.15, -0.1) is 11.3 Å². The summed E-state index contributed by atoms with van der Waals surface area (Å²) < 4.78 is 5.94. The third kappa shape index (κ3) is 3.10. The first kappa shape index (κ1) is 13.5. The minimum atomic E-state index is -0.299. The number of carbonyl (C=O) groups is 1. The number of thiophene rings is 1. The molecular weight excluding hydrogens is 314 g/mol. The molecule has 0 radical (unpaired) electrons. The van der Waals surface area contributed by atoms with Crippen LogP contribution >= 0.6 is 27.3 Å².